The van der Waals surface area contributed by atoms with Crippen LogP contribution in [0.3, 0.4) is 0 Å². The van der Waals surface area contributed by atoms with E-state index >= 15 is 0 Å². The van der Waals surface area contributed by atoms with Crippen molar-refractivity contribution in [2.45, 2.75) is 44.8 Å². The number of nitrogens with two attached hydrogens (primary N) is 1. The van der Waals surface area contributed by atoms with Crippen molar-refractivity contribution in [2.75, 3.05) is 4.90 Å². The Labute approximate surface area is 275 Å². The van der Waals surface area contributed by atoms with E-state index in [1.54, 1.807) is 17.0 Å². The van der Waals surface area contributed by atoms with Crippen molar-refractivity contribution in [3.05, 3.63) is 149 Å². The van der Waals surface area contributed by atoms with Gasteiger partial charge in [-0.1, -0.05) is 97.1 Å². The van der Waals surface area contributed by atoms with Gasteiger partial charge in [0.25, 0.3) is 0 Å². The second-order valence-corrected chi connectivity index (χ2v) is 11.7. The average Bonchev–Trinajstić information content (AvgIpc) is 3.52. The molecule has 0 fully saturated rings. The monoisotopic (exact) mass is 623 g/mol. The Kier molecular flexibility index (Phi) is 9.84. The van der Waals surface area contributed by atoms with Crippen LogP contribution in [0.4, 0.5) is 5.69 Å². The molecule has 0 aromatic heterocycles. The lowest BCUT2D eigenvalue weighted by Gasteiger charge is -2.26. The predicted octanol–water partition coefficient (Wildman–Crippen LogP) is 7.53. The highest BCUT2D eigenvalue weighted by molar-refractivity contribution is 5.96. The highest BCUT2D eigenvalue weighted by Crippen LogP contribution is 2.35. The van der Waals surface area contributed by atoms with E-state index in [-0.39, 0.29) is 37.2 Å². The molecule has 0 aliphatic heterocycles. The van der Waals surface area contributed by atoms with E-state index in [0.717, 1.165) is 46.9 Å². The number of benzene rings is 5. The zero-order chi connectivity index (χ0) is 32.6. The van der Waals surface area contributed by atoms with Crippen molar-refractivity contribution < 1.29 is 19.1 Å². The number of para-hydroxylation sites is 2. The number of aryl methyl sites for hydroxylation is 1. The normalized spacial score (nSPS) is 13.4. The Morgan fingerprint density at radius 3 is 2.30 bits per heavy atom. The highest BCUT2D eigenvalue weighted by atomic mass is 16.5. The van der Waals surface area contributed by atoms with Crippen LogP contribution in [0.15, 0.2) is 121 Å². The number of anilines is 1. The molecule has 5 aromatic carbocycles. The molecule has 236 valence electrons. The largest absolute Gasteiger partial charge is 0.455 e. The summed E-state index contributed by atoms with van der Waals surface area (Å²) in [5.41, 5.74) is 13.3. The number of fused-ring (bicyclic) bond motifs is 1. The molecule has 0 saturated heterocycles. The van der Waals surface area contributed by atoms with Crippen LogP contribution >= 0.6 is 0 Å². The SMILES string of the molecule is NCc1cccc(Oc2ccccc2N(Cc2ccc(-c3ccc(C=O)cc3)cc2)C(=O)CCC(=O)NC2CCc3ccccc32)c1. The van der Waals surface area contributed by atoms with Gasteiger partial charge >= 0.3 is 0 Å². The van der Waals surface area contributed by atoms with Crippen molar-refractivity contribution in [1.82, 2.24) is 5.32 Å². The van der Waals surface area contributed by atoms with Crippen LogP contribution in [-0.2, 0) is 29.1 Å². The van der Waals surface area contributed by atoms with E-state index in [1.165, 1.54) is 5.56 Å². The minimum Gasteiger partial charge on any atom is -0.455 e. The van der Waals surface area contributed by atoms with Crippen LogP contribution in [0.2, 0.25) is 0 Å². The summed E-state index contributed by atoms with van der Waals surface area (Å²) in [5, 5.41) is 3.14. The maximum Gasteiger partial charge on any atom is 0.227 e. The zero-order valence-electron chi connectivity index (χ0n) is 26.1. The Hall–Kier alpha value is -5.53. The fraction of sp³-hybridized carbons (Fsp3) is 0.175. The number of carbonyl (C=O) groups is 3. The maximum absolute atomic E-state index is 14.0. The van der Waals surface area contributed by atoms with E-state index in [4.69, 9.17) is 10.5 Å². The van der Waals surface area contributed by atoms with Gasteiger partial charge in [0.05, 0.1) is 18.3 Å². The zero-order valence-corrected chi connectivity index (χ0v) is 26.1. The van der Waals surface area contributed by atoms with Gasteiger partial charge in [-0.15, -0.1) is 0 Å². The molecule has 0 saturated carbocycles. The Balaban J connectivity index is 1.22. The quantitative estimate of drug-likeness (QED) is 0.140. The number of hydrogen-bond donors (Lipinski definition) is 2. The van der Waals surface area contributed by atoms with Gasteiger partial charge in [0.15, 0.2) is 5.75 Å². The molecule has 1 atom stereocenters. The molecule has 1 aliphatic rings. The molecule has 5 aromatic rings. The molecule has 2 amide bonds. The lowest BCUT2D eigenvalue weighted by atomic mass is 10.0. The van der Waals surface area contributed by atoms with Crippen molar-refractivity contribution in [3.8, 4) is 22.6 Å². The minimum absolute atomic E-state index is 0.0310. The molecule has 7 heteroatoms. The topological polar surface area (TPSA) is 102 Å². The Morgan fingerprint density at radius 2 is 1.53 bits per heavy atom. The fourth-order valence-corrected chi connectivity index (χ4v) is 6.01. The molecule has 6 rings (SSSR count). The van der Waals surface area contributed by atoms with Crippen molar-refractivity contribution in [2.24, 2.45) is 5.73 Å². The summed E-state index contributed by atoms with van der Waals surface area (Å²) in [4.78, 5) is 39.8. The van der Waals surface area contributed by atoms with Gasteiger partial charge in [0.2, 0.25) is 11.8 Å². The summed E-state index contributed by atoms with van der Waals surface area (Å²) >= 11 is 0. The molecule has 3 N–H and O–H groups in total. The van der Waals surface area contributed by atoms with E-state index < -0.39 is 0 Å². The molecule has 0 spiro atoms. The van der Waals surface area contributed by atoms with Gasteiger partial charge in [-0.25, -0.2) is 0 Å². The first kappa shape index (κ1) is 31.5. The second-order valence-electron chi connectivity index (χ2n) is 11.7. The number of carbonyl (C=O) groups excluding carboxylic acids is 3. The Bertz CT molecular complexity index is 1870. The number of rotatable bonds is 12. The summed E-state index contributed by atoms with van der Waals surface area (Å²) in [6, 6.07) is 38.5. The van der Waals surface area contributed by atoms with Gasteiger partial charge in [-0.05, 0) is 70.5 Å². The first-order valence-corrected chi connectivity index (χ1v) is 15.9. The van der Waals surface area contributed by atoms with Gasteiger partial charge < -0.3 is 20.7 Å². The highest BCUT2D eigenvalue weighted by Gasteiger charge is 2.25. The summed E-state index contributed by atoms with van der Waals surface area (Å²) in [7, 11) is 0. The van der Waals surface area contributed by atoms with Gasteiger partial charge in [-0.3, -0.25) is 14.4 Å². The number of amides is 2. The third kappa shape index (κ3) is 7.65. The van der Waals surface area contributed by atoms with Crippen molar-refractivity contribution in [3.63, 3.8) is 0 Å². The number of ether oxygens (including phenoxy) is 1. The first-order chi connectivity index (χ1) is 23.0. The second kappa shape index (κ2) is 14.7. The smallest absolute Gasteiger partial charge is 0.227 e. The standard InChI is InChI=1S/C40H37N3O4/c41-25-30-6-5-8-34(24-30)47-38-11-4-3-10-37(38)43(26-28-12-16-31(17-13-28)32-18-14-29(27-44)15-19-32)40(46)23-22-39(45)42-36-21-20-33-7-1-2-9-35(33)36/h1-19,24,27,36H,20-23,25-26,41H2,(H,42,45). The molecule has 1 unspecified atom stereocenters. The molecule has 47 heavy (non-hydrogen) atoms. The number of hydrogen-bond acceptors (Lipinski definition) is 5. The predicted molar refractivity (Wildman–Crippen MR) is 184 cm³/mol. The van der Waals surface area contributed by atoms with Crippen LogP contribution in [0.5, 0.6) is 11.5 Å². The van der Waals surface area contributed by atoms with E-state index in [2.05, 4.69) is 17.4 Å². The minimum atomic E-state index is -0.188. The summed E-state index contributed by atoms with van der Waals surface area (Å²) in [6.45, 7) is 0.666. The first-order valence-electron chi connectivity index (χ1n) is 15.9. The molecular formula is C40H37N3O4. The van der Waals surface area contributed by atoms with Crippen LogP contribution in [0, 0.1) is 0 Å². The lowest BCUT2D eigenvalue weighted by Crippen LogP contribution is -2.33. The van der Waals surface area contributed by atoms with Crippen molar-refractivity contribution in [1.29, 1.82) is 0 Å². The van der Waals surface area contributed by atoms with E-state index in [9.17, 15) is 14.4 Å². The lowest BCUT2D eigenvalue weighted by molar-refractivity contribution is -0.125. The summed E-state index contributed by atoms with van der Waals surface area (Å²) in [5.74, 6) is 0.809. The fourth-order valence-electron chi connectivity index (χ4n) is 6.01. The number of nitrogens with one attached hydrogen (secondary N) is 1. The van der Waals surface area contributed by atoms with Crippen LogP contribution in [0.25, 0.3) is 11.1 Å². The average molecular weight is 624 g/mol. The van der Waals surface area contributed by atoms with Crippen molar-refractivity contribution >= 4 is 23.8 Å². The van der Waals surface area contributed by atoms with Gasteiger partial charge in [0.1, 0.15) is 12.0 Å². The third-order valence-corrected chi connectivity index (χ3v) is 8.53. The van der Waals surface area contributed by atoms with Crippen LogP contribution < -0.4 is 20.7 Å². The molecule has 7 nitrogen and oxygen atoms in total. The molecule has 1 aliphatic carbocycles. The maximum atomic E-state index is 14.0. The van der Waals surface area contributed by atoms with Gasteiger partial charge in [-0.2, -0.15) is 0 Å². The summed E-state index contributed by atoms with van der Waals surface area (Å²) < 4.78 is 6.31. The van der Waals surface area contributed by atoms with Crippen LogP contribution in [-0.4, -0.2) is 18.1 Å². The van der Waals surface area contributed by atoms with E-state index in [0.29, 0.717) is 29.3 Å². The van der Waals surface area contributed by atoms with E-state index in [1.807, 2.05) is 97.1 Å². The van der Waals surface area contributed by atoms with Gasteiger partial charge in [0, 0.05) is 24.9 Å². The third-order valence-electron chi connectivity index (χ3n) is 8.53. The number of aldehydes is 1. The summed E-state index contributed by atoms with van der Waals surface area (Å²) in [6.07, 6.45) is 2.73. The number of nitrogens with zero attached hydrogens (tertiary/aromatic N) is 1. The van der Waals surface area contributed by atoms with Crippen LogP contribution in [0.1, 0.15) is 57.9 Å². The molecule has 0 radical (unpaired) electrons. The molecule has 0 bridgehead atoms. The molecule has 0 heterocycles. The molecular weight excluding hydrogens is 586 g/mol. The Morgan fingerprint density at radius 1 is 0.809 bits per heavy atom.